The summed E-state index contributed by atoms with van der Waals surface area (Å²) in [6, 6.07) is 0.408. The topological polar surface area (TPSA) is 47.0 Å². The van der Waals surface area contributed by atoms with Crippen LogP contribution < -0.4 is 10.1 Å². The first-order valence-electron chi connectivity index (χ1n) is 5.30. The smallest absolute Gasteiger partial charge is 0.221 e. The van der Waals surface area contributed by atoms with Gasteiger partial charge in [0.2, 0.25) is 5.88 Å². The summed E-state index contributed by atoms with van der Waals surface area (Å²) in [7, 11) is 1.62. The van der Waals surface area contributed by atoms with Gasteiger partial charge < -0.3 is 10.1 Å². The van der Waals surface area contributed by atoms with E-state index in [0.717, 1.165) is 23.6 Å². The molecule has 1 unspecified atom stereocenters. The van der Waals surface area contributed by atoms with Gasteiger partial charge in [-0.1, -0.05) is 0 Å². The van der Waals surface area contributed by atoms with Crippen LogP contribution in [0.1, 0.15) is 18.9 Å². The molecule has 1 aromatic rings. The quantitative estimate of drug-likeness (QED) is 0.828. The third-order valence-electron chi connectivity index (χ3n) is 2.37. The number of nitrogens with one attached hydrogen (secondary N) is 1. The molecule has 1 aromatic heterocycles. The molecule has 0 bridgehead atoms. The van der Waals surface area contributed by atoms with Crippen LogP contribution in [0.25, 0.3) is 0 Å². The predicted molar refractivity (Wildman–Crippen MR) is 69.4 cm³/mol. The van der Waals surface area contributed by atoms with Gasteiger partial charge in [0.05, 0.1) is 12.7 Å². The Morgan fingerprint density at radius 3 is 2.88 bits per heavy atom. The number of methoxy groups -OCH3 is 1. The first-order chi connectivity index (χ1) is 7.69. The summed E-state index contributed by atoms with van der Waals surface area (Å²) in [5, 5.41) is 3.38. The second-order valence-corrected chi connectivity index (χ2v) is 4.67. The minimum atomic E-state index is 0.408. The lowest BCUT2D eigenvalue weighted by atomic mass is 10.2. The van der Waals surface area contributed by atoms with Crippen LogP contribution in [0, 0.1) is 6.92 Å². The molecule has 0 radical (unpaired) electrons. The number of ether oxygens (including phenoxy) is 1. The fourth-order valence-electron chi connectivity index (χ4n) is 1.39. The molecular weight excluding hydrogens is 222 g/mol. The molecule has 1 heterocycles. The van der Waals surface area contributed by atoms with Crippen molar-refractivity contribution >= 4 is 17.6 Å². The maximum Gasteiger partial charge on any atom is 0.221 e. The second kappa shape index (κ2) is 6.58. The average molecular weight is 241 g/mol. The third kappa shape index (κ3) is 3.56. The summed E-state index contributed by atoms with van der Waals surface area (Å²) in [5.41, 5.74) is 0.959. The molecule has 0 aliphatic carbocycles. The molecule has 1 N–H and O–H groups in total. The molecular formula is C11H19N3OS. The van der Waals surface area contributed by atoms with Gasteiger partial charge in [-0.15, -0.1) is 0 Å². The van der Waals surface area contributed by atoms with Crippen molar-refractivity contribution in [2.45, 2.75) is 26.3 Å². The van der Waals surface area contributed by atoms with Gasteiger partial charge in [-0.25, -0.2) is 9.97 Å². The SMILES string of the molecule is COc1ncnc(NC(C)CCSC)c1C. The standard InChI is InChI=1S/C11H19N3OS/c1-8(5-6-16-4)14-10-9(2)11(15-3)13-7-12-10/h7-8H,5-6H2,1-4H3,(H,12,13,14). The Kier molecular flexibility index (Phi) is 5.38. The molecule has 0 saturated carbocycles. The molecule has 1 rings (SSSR count). The highest BCUT2D eigenvalue weighted by Gasteiger charge is 2.09. The zero-order chi connectivity index (χ0) is 12.0. The molecule has 0 aliphatic heterocycles. The summed E-state index contributed by atoms with van der Waals surface area (Å²) in [6.45, 7) is 4.12. The van der Waals surface area contributed by atoms with E-state index in [1.54, 1.807) is 7.11 Å². The number of thioether (sulfide) groups is 1. The van der Waals surface area contributed by atoms with Crippen molar-refractivity contribution in [3.05, 3.63) is 11.9 Å². The Hall–Kier alpha value is -0.970. The van der Waals surface area contributed by atoms with Crippen LogP contribution in [0.3, 0.4) is 0 Å². The van der Waals surface area contributed by atoms with Crippen LogP contribution in [-0.4, -0.2) is 35.1 Å². The van der Waals surface area contributed by atoms with Crippen molar-refractivity contribution in [1.29, 1.82) is 0 Å². The molecule has 1 atom stereocenters. The number of hydrogen-bond acceptors (Lipinski definition) is 5. The Bertz CT molecular complexity index is 333. The van der Waals surface area contributed by atoms with Crippen molar-refractivity contribution < 1.29 is 4.74 Å². The molecule has 4 nitrogen and oxygen atoms in total. The molecule has 0 amide bonds. The van der Waals surface area contributed by atoms with E-state index in [4.69, 9.17) is 4.74 Å². The van der Waals surface area contributed by atoms with Gasteiger partial charge in [0.25, 0.3) is 0 Å². The first kappa shape index (κ1) is 13.1. The molecule has 0 spiro atoms. The van der Waals surface area contributed by atoms with E-state index in [0.29, 0.717) is 11.9 Å². The predicted octanol–water partition coefficient (Wildman–Crippen LogP) is 2.35. The normalized spacial score (nSPS) is 12.2. The number of nitrogens with zero attached hydrogens (tertiary/aromatic N) is 2. The van der Waals surface area contributed by atoms with Crippen LogP contribution >= 0.6 is 11.8 Å². The largest absolute Gasteiger partial charge is 0.481 e. The van der Waals surface area contributed by atoms with Gasteiger partial charge in [0.1, 0.15) is 12.1 Å². The molecule has 5 heteroatoms. The Morgan fingerprint density at radius 1 is 1.50 bits per heavy atom. The van der Waals surface area contributed by atoms with Gasteiger partial charge >= 0.3 is 0 Å². The van der Waals surface area contributed by atoms with Crippen LogP contribution in [0.5, 0.6) is 5.88 Å². The lowest BCUT2D eigenvalue weighted by Gasteiger charge is -2.16. The highest BCUT2D eigenvalue weighted by Crippen LogP contribution is 2.20. The minimum Gasteiger partial charge on any atom is -0.481 e. The van der Waals surface area contributed by atoms with Crippen LogP contribution in [0.2, 0.25) is 0 Å². The summed E-state index contributed by atoms with van der Waals surface area (Å²) < 4.78 is 5.15. The highest BCUT2D eigenvalue weighted by molar-refractivity contribution is 7.98. The van der Waals surface area contributed by atoms with Crippen LogP contribution in [0.4, 0.5) is 5.82 Å². The lowest BCUT2D eigenvalue weighted by Crippen LogP contribution is -2.18. The van der Waals surface area contributed by atoms with E-state index >= 15 is 0 Å². The number of aromatic nitrogens is 2. The van der Waals surface area contributed by atoms with E-state index in [9.17, 15) is 0 Å². The van der Waals surface area contributed by atoms with Crippen molar-refractivity contribution in [2.24, 2.45) is 0 Å². The van der Waals surface area contributed by atoms with E-state index in [-0.39, 0.29) is 0 Å². The minimum absolute atomic E-state index is 0.408. The van der Waals surface area contributed by atoms with Crippen LogP contribution in [0.15, 0.2) is 6.33 Å². The summed E-state index contributed by atoms with van der Waals surface area (Å²) in [4.78, 5) is 8.28. The monoisotopic (exact) mass is 241 g/mol. The summed E-state index contributed by atoms with van der Waals surface area (Å²) in [6.07, 6.45) is 4.76. The van der Waals surface area contributed by atoms with E-state index in [1.165, 1.54) is 6.33 Å². The molecule has 0 saturated heterocycles. The van der Waals surface area contributed by atoms with Crippen LogP contribution in [-0.2, 0) is 0 Å². The number of anilines is 1. The first-order valence-corrected chi connectivity index (χ1v) is 6.69. The lowest BCUT2D eigenvalue weighted by molar-refractivity contribution is 0.393. The summed E-state index contributed by atoms with van der Waals surface area (Å²) >= 11 is 1.85. The Labute approximate surface area is 101 Å². The Balaban J connectivity index is 2.66. The maximum atomic E-state index is 5.15. The second-order valence-electron chi connectivity index (χ2n) is 3.68. The van der Waals surface area contributed by atoms with Gasteiger partial charge in [-0.2, -0.15) is 11.8 Å². The molecule has 0 aliphatic rings. The van der Waals surface area contributed by atoms with Gasteiger partial charge in [0, 0.05) is 6.04 Å². The zero-order valence-electron chi connectivity index (χ0n) is 10.3. The maximum absolute atomic E-state index is 5.15. The summed E-state index contributed by atoms with van der Waals surface area (Å²) in [5.74, 6) is 2.64. The average Bonchev–Trinajstić information content (AvgIpc) is 2.29. The van der Waals surface area contributed by atoms with E-state index in [2.05, 4.69) is 28.5 Å². The van der Waals surface area contributed by atoms with E-state index < -0.39 is 0 Å². The van der Waals surface area contributed by atoms with Crippen molar-refractivity contribution in [3.63, 3.8) is 0 Å². The molecule has 0 aromatic carbocycles. The van der Waals surface area contributed by atoms with Gasteiger partial charge in [-0.3, -0.25) is 0 Å². The molecule has 90 valence electrons. The van der Waals surface area contributed by atoms with Crippen molar-refractivity contribution in [2.75, 3.05) is 24.4 Å². The van der Waals surface area contributed by atoms with Gasteiger partial charge in [0.15, 0.2) is 0 Å². The third-order valence-corrected chi connectivity index (χ3v) is 3.01. The highest BCUT2D eigenvalue weighted by atomic mass is 32.2. The fourth-order valence-corrected chi connectivity index (χ4v) is 1.97. The number of hydrogen-bond donors (Lipinski definition) is 1. The zero-order valence-corrected chi connectivity index (χ0v) is 11.1. The van der Waals surface area contributed by atoms with Gasteiger partial charge in [-0.05, 0) is 32.3 Å². The number of rotatable bonds is 6. The molecule has 0 fully saturated rings. The molecule has 16 heavy (non-hydrogen) atoms. The Morgan fingerprint density at radius 2 is 2.25 bits per heavy atom. The van der Waals surface area contributed by atoms with Crippen molar-refractivity contribution in [3.8, 4) is 5.88 Å². The van der Waals surface area contributed by atoms with Crippen molar-refractivity contribution in [1.82, 2.24) is 9.97 Å². The fraction of sp³-hybridized carbons (Fsp3) is 0.636. The van der Waals surface area contributed by atoms with E-state index in [1.807, 2.05) is 18.7 Å².